The molecule has 7 nitrogen and oxygen atoms in total. The molecule has 0 radical (unpaired) electrons. The number of nitrogens with one attached hydrogen (secondary N) is 1. The highest BCUT2D eigenvalue weighted by molar-refractivity contribution is 5.93. The van der Waals surface area contributed by atoms with Crippen LogP contribution in [0.25, 0.3) is 0 Å². The Labute approximate surface area is 146 Å². The minimum atomic E-state index is -0.107. The Bertz CT molecular complexity index is 742. The minimum Gasteiger partial charge on any atom is -0.379 e. The van der Waals surface area contributed by atoms with Crippen molar-refractivity contribution in [1.29, 1.82) is 0 Å². The summed E-state index contributed by atoms with van der Waals surface area (Å²) in [5.74, 6) is -0.0596. The Morgan fingerprint density at radius 3 is 2.48 bits per heavy atom. The first-order chi connectivity index (χ1) is 12.1. The average Bonchev–Trinajstić information content (AvgIpc) is 2.67. The van der Waals surface area contributed by atoms with Crippen LogP contribution in [-0.4, -0.2) is 57.8 Å². The monoisotopic (exact) mass is 339 g/mol. The molecule has 0 aromatic carbocycles. The summed E-state index contributed by atoms with van der Waals surface area (Å²) in [6, 6.07) is 9.33. The molecule has 0 atom stereocenters. The normalized spacial score (nSPS) is 14.3. The van der Waals surface area contributed by atoms with Crippen molar-refractivity contribution in [1.82, 2.24) is 19.8 Å². The molecule has 0 bridgehead atoms. The molecule has 0 unspecified atom stereocenters. The van der Waals surface area contributed by atoms with Gasteiger partial charge in [0, 0.05) is 51.2 Å². The number of nitrogens with zero attached hydrogens (tertiary/aromatic N) is 4. The van der Waals surface area contributed by atoms with Crippen LogP contribution in [-0.2, 0) is 11.3 Å². The van der Waals surface area contributed by atoms with E-state index < -0.39 is 0 Å². The zero-order valence-electron chi connectivity index (χ0n) is 14.2. The van der Waals surface area contributed by atoms with Crippen LogP contribution in [0.3, 0.4) is 0 Å². The molecule has 0 aliphatic carbocycles. The van der Waals surface area contributed by atoms with Gasteiger partial charge >= 0.3 is 0 Å². The highest BCUT2D eigenvalue weighted by atomic mass is 16.2. The number of pyridine rings is 2. The van der Waals surface area contributed by atoms with Crippen LogP contribution in [0.4, 0.5) is 5.69 Å². The number of aromatic nitrogens is 2. The maximum absolute atomic E-state index is 12.6. The van der Waals surface area contributed by atoms with E-state index in [1.54, 1.807) is 35.2 Å². The first-order valence-electron chi connectivity index (χ1n) is 8.28. The second-order valence-corrected chi connectivity index (χ2v) is 5.90. The largest absolute Gasteiger partial charge is 0.379 e. The van der Waals surface area contributed by atoms with E-state index in [4.69, 9.17) is 0 Å². The minimum absolute atomic E-state index is 0.0472. The fourth-order valence-electron chi connectivity index (χ4n) is 2.74. The molecule has 1 aliphatic heterocycles. The quantitative estimate of drug-likeness (QED) is 0.911. The highest BCUT2D eigenvalue weighted by Gasteiger charge is 2.24. The van der Waals surface area contributed by atoms with Crippen LogP contribution in [0.15, 0.2) is 42.7 Å². The molecule has 2 amide bonds. The second-order valence-electron chi connectivity index (χ2n) is 5.90. The van der Waals surface area contributed by atoms with Gasteiger partial charge in [-0.15, -0.1) is 0 Å². The molecule has 3 rings (SSSR count). The molecular weight excluding hydrogens is 318 g/mol. The maximum Gasteiger partial charge on any atom is 0.272 e. The molecule has 130 valence electrons. The number of carbonyl (C=O) groups excluding carboxylic acids is 2. The van der Waals surface area contributed by atoms with Gasteiger partial charge in [-0.25, -0.2) is 0 Å². The summed E-state index contributed by atoms with van der Waals surface area (Å²) >= 11 is 0. The number of rotatable bonds is 4. The lowest BCUT2D eigenvalue weighted by Crippen LogP contribution is -2.50. The first kappa shape index (κ1) is 16.9. The van der Waals surface area contributed by atoms with E-state index >= 15 is 0 Å². The van der Waals surface area contributed by atoms with E-state index in [9.17, 15) is 9.59 Å². The molecule has 25 heavy (non-hydrogen) atoms. The van der Waals surface area contributed by atoms with Gasteiger partial charge in [0.15, 0.2) is 0 Å². The summed E-state index contributed by atoms with van der Waals surface area (Å²) in [5.41, 5.74) is 2.15. The summed E-state index contributed by atoms with van der Waals surface area (Å²) in [6.07, 6.45) is 3.37. The number of hydrogen-bond acceptors (Lipinski definition) is 5. The van der Waals surface area contributed by atoms with Crippen molar-refractivity contribution < 1.29 is 9.59 Å². The fourth-order valence-corrected chi connectivity index (χ4v) is 2.74. The lowest BCUT2D eigenvalue weighted by atomic mass is 10.2. The van der Waals surface area contributed by atoms with Gasteiger partial charge in [-0.3, -0.25) is 19.6 Å². The zero-order valence-corrected chi connectivity index (χ0v) is 14.2. The third kappa shape index (κ3) is 4.32. The number of carbonyl (C=O) groups is 2. The fraction of sp³-hybridized carbons (Fsp3) is 0.333. The van der Waals surface area contributed by atoms with Crippen molar-refractivity contribution >= 4 is 17.5 Å². The SMILES string of the molecule is CC(=O)N1CCN(C(=O)c2cc(NCc3ccccn3)ccn2)CC1. The molecule has 3 heterocycles. The topological polar surface area (TPSA) is 78.4 Å². The summed E-state index contributed by atoms with van der Waals surface area (Å²) in [6.45, 7) is 4.33. The Kier molecular flexibility index (Phi) is 5.23. The standard InChI is InChI=1S/C18H21N5O2/c1-14(24)22-8-10-23(11-9-22)18(25)17-12-15(5-7-20-17)21-13-16-4-2-3-6-19-16/h2-7,12H,8-11,13H2,1H3,(H,20,21). The summed E-state index contributed by atoms with van der Waals surface area (Å²) in [5, 5.41) is 3.25. The van der Waals surface area contributed by atoms with Gasteiger partial charge in [0.1, 0.15) is 5.69 Å². The Balaban J connectivity index is 1.61. The van der Waals surface area contributed by atoms with Crippen molar-refractivity contribution in [3.63, 3.8) is 0 Å². The average molecular weight is 339 g/mol. The summed E-state index contributed by atoms with van der Waals surface area (Å²) in [7, 11) is 0. The van der Waals surface area contributed by atoms with E-state index in [0.717, 1.165) is 11.4 Å². The van der Waals surface area contributed by atoms with Crippen molar-refractivity contribution in [2.24, 2.45) is 0 Å². The van der Waals surface area contributed by atoms with Gasteiger partial charge in [0.25, 0.3) is 5.91 Å². The molecular formula is C18H21N5O2. The molecule has 1 N–H and O–H groups in total. The van der Waals surface area contributed by atoms with Gasteiger partial charge in [-0.2, -0.15) is 0 Å². The molecule has 1 aliphatic rings. The predicted molar refractivity (Wildman–Crippen MR) is 94.0 cm³/mol. The van der Waals surface area contributed by atoms with Gasteiger partial charge in [-0.05, 0) is 24.3 Å². The molecule has 2 aromatic heterocycles. The number of anilines is 1. The maximum atomic E-state index is 12.6. The van der Waals surface area contributed by atoms with Crippen molar-refractivity contribution in [2.75, 3.05) is 31.5 Å². The van der Waals surface area contributed by atoms with E-state index in [-0.39, 0.29) is 11.8 Å². The van der Waals surface area contributed by atoms with Gasteiger partial charge in [0.2, 0.25) is 5.91 Å². The summed E-state index contributed by atoms with van der Waals surface area (Å²) in [4.78, 5) is 35.9. The molecule has 0 spiro atoms. The van der Waals surface area contributed by atoms with Crippen molar-refractivity contribution in [3.05, 3.63) is 54.1 Å². The number of piperazine rings is 1. The third-order valence-corrected chi connectivity index (χ3v) is 4.19. The van der Waals surface area contributed by atoms with E-state index in [1.165, 1.54) is 0 Å². The third-order valence-electron chi connectivity index (χ3n) is 4.19. The van der Waals surface area contributed by atoms with Crippen LogP contribution < -0.4 is 5.32 Å². The molecule has 0 saturated carbocycles. The number of hydrogen-bond donors (Lipinski definition) is 1. The molecule has 2 aromatic rings. The highest BCUT2D eigenvalue weighted by Crippen LogP contribution is 2.13. The van der Waals surface area contributed by atoms with Crippen molar-refractivity contribution in [2.45, 2.75) is 13.5 Å². The Hall–Kier alpha value is -2.96. The van der Waals surface area contributed by atoms with Crippen LogP contribution in [0.1, 0.15) is 23.1 Å². The van der Waals surface area contributed by atoms with Crippen molar-refractivity contribution in [3.8, 4) is 0 Å². The van der Waals surface area contributed by atoms with E-state index in [1.807, 2.05) is 24.3 Å². The molecule has 7 heteroatoms. The van der Waals surface area contributed by atoms with Gasteiger partial charge in [-0.1, -0.05) is 6.07 Å². The lowest BCUT2D eigenvalue weighted by Gasteiger charge is -2.34. The molecule has 1 fully saturated rings. The van der Waals surface area contributed by atoms with Crippen LogP contribution in [0.2, 0.25) is 0 Å². The van der Waals surface area contributed by atoms with Crippen LogP contribution in [0.5, 0.6) is 0 Å². The number of amides is 2. The predicted octanol–water partition coefficient (Wildman–Crippen LogP) is 1.39. The van der Waals surface area contributed by atoms with Gasteiger partial charge < -0.3 is 15.1 Å². The summed E-state index contributed by atoms with van der Waals surface area (Å²) < 4.78 is 0. The second kappa shape index (κ2) is 7.74. The molecule has 1 saturated heterocycles. The smallest absolute Gasteiger partial charge is 0.272 e. The Morgan fingerprint density at radius 2 is 1.80 bits per heavy atom. The Morgan fingerprint density at radius 1 is 1.04 bits per heavy atom. The van der Waals surface area contributed by atoms with E-state index in [2.05, 4.69) is 15.3 Å². The van der Waals surface area contributed by atoms with Crippen LogP contribution >= 0.6 is 0 Å². The first-order valence-corrected chi connectivity index (χ1v) is 8.28. The van der Waals surface area contributed by atoms with Crippen LogP contribution in [0, 0.1) is 0 Å². The van der Waals surface area contributed by atoms with Gasteiger partial charge in [0.05, 0.1) is 12.2 Å². The van der Waals surface area contributed by atoms with E-state index in [0.29, 0.717) is 38.4 Å². The lowest BCUT2D eigenvalue weighted by molar-refractivity contribution is -0.130. The zero-order chi connectivity index (χ0) is 17.6.